The quantitative estimate of drug-likeness (QED) is 0.465. The second-order valence-electron chi connectivity index (χ2n) is 4.77. The van der Waals surface area contributed by atoms with E-state index in [2.05, 4.69) is 15.0 Å². The summed E-state index contributed by atoms with van der Waals surface area (Å²) in [4.78, 5) is 17.1. The monoisotopic (exact) mass is 259 g/mol. The fourth-order valence-electron chi connectivity index (χ4n) is 2.66. The van der Waals surface area contributed by atoms with Gasteiger partial charge in [-0.05, 0) is 24.3 Å². The van der Waals surface area contributed by atoms with Crippen molar-refractivity contribution in [2.75, 3.05) is 0 Å². The van der Waals surface area contributed by atoms with Gasteiger partial charge in [-0.25, -0.2) is 9.97 Å². The predicted molar refractivity (Wildman–Crippen MR) is 77.7 cm³/mol. The third-order valence-electron chi connectivity index (χ3n) is 3.56. The van der Waals surface area contributed by atoms with E-state index in [4.69, 9.17) is 4.98 Å². The van der Waals surface area contributed by atoms with Crippen molar-refractivity contribution >= 4 is 39.1 Å². The molecule has 2 aromatic carbocycles. The van der Waals surface area contributed by atoms with Gasteiger partial charge >= 0.3 is 0 Å². The molecule has 0 fully saturated rings. The zero-order valence-corrected chi connectivity index (χ0v) is 10.4. The number of nitrogens with one attached hydrogen (secondary N) is 1. The van der Waals surface area contributed by atoms with E-state index in [0.29, 0.717) is 5.78 Å². The van der Waals surface area contributed by atoms with Gasteiger partial charge in [-0.3, -0.25) is 4.40 Å². The fraction of sp³-hybridized carbons (Fsp3) is 0. The first-order valence-electron chi connectivity index (χ1n) is 6.42. The molecule has 0 aliphatic carbocycles. The predicted octanol–water partition coefficient (Wildman–Crippen LogP) is 2.91. The molecule has 5 heteroatoms. The molecule has 20 heavy (non-hydrogen) atoms. The molecule has 0 bridgehead atoms. The number of hydrogen-bond donors (Lipinski definition) is 1. The lowest BCUT2D eigenvalue weighted by molar-refractivity contribution is 1.25. The summed E-state index contributed by atoms with van der Waals surface area (Å²) in [5, 5.41) is 0. The van der Waals surface area contributed by atoms with Gasteiger partial charge in [0, 0.05) is 0 Å². The fourth-order valence-corrected chi connectivity index (χ4v) is 2.66. The molecular formula is C15H9N5. The molecule has 0 aliphatic heterocycles. The van der Waals surface area contributed by atoms with Crippen LogP contribution in [0.3, 0.4) is 0 Å². The molecule has 0 saturated heterocycles. The third-order valence-corrected chi connectivity index (χ3v) is 3.56. The van der Waals surface area contributed by atoms with E-state index in [1.165, 1.54) is 0 Å². The number of nitrogens with zero attached hydrogens (tertiary/aromatic N) is 4. The van der Waals surface area contributed by atoms with Crippen molar-refractivity contribution in [3.8, 4) is 0 Å². The Balaban J connectivity index is 2.07. The maximum atomic E-state index is 4.72. The van der Waals surface area contributed by atoms with Crippen LogP contribution in [-0.4, -0.2) is 24.3 Å². The number of aromatic nitrogens is 5. The number of fused-ring (bicyclic) bond motifs is 6. The Kier molecular flexibility index (Phi) is 1.65. The van der Waals surface area contributed by atoms with Crippen molar-refractivity contribution in [2.24, 2.45) is 0 Å². The van der Waals surface area contributed by atoms with Crippen LogP contribution in [-0.2, 0) is 0 Å². The average Bonchev–Trinajstić information content (AvgIpc) is 3.00. The van der Waals surface area contributed by atoms with Gasteiger partial charge < -0.3 is 4.98 Å². The second kappa shape index (κ2) is 3.33. The van der Waals surface area contributed by atoms with Crippen molar-refractivity contribution in [1.29, 1.82) is 0 Å². The Hall–Kier alpha value is -2.95. The van der Waals surface area contributed by atoms with Gasteiger partial charge in [0.15, 0.2) is 11.3 Å². The van der Waals surface area contributed by atoms with Gasteiger partial charge in [0.05, 0.1) is 22.1 Å². The molecule has 0 amide bonds. The molecule has 5 rings (SSSR count). The smallest absolute Gasteiger partial charge is 0.238 e. The van der Waals surface area contributed by atoms with Gasteiger partial charge in [0.2, 0.25) is 5.78 Å². The standard InChI is InChI=1S/C15H9N5/c1-2-6-10-9(5-1)16-13-14(17-10)20-12-8-4-3-7-11(12)18-15(20)19-13/h1-8H,(H,16,18,19). The summed E-state index contributed by atoms with van der Waals surface area (Å²) in [5.74, 6) is 0.681. The van der Waals surface area contributed by atoms with Crippen LogP contribution in [0.25, 0.3) is 39.1 Å². The SMILES string of the molecule is c1ccc2[nH]c3nc4nc5ccccc5n4c3nc2c1. The van der Waals surface area contributed by atoms with Crippen LogP contribution >= 0.6 is 0 Å². The number of para-hydroxylation sites is 4. The Bertz CT molecular complexity index is 1100. The first kappa shape index (κ1) is 9.91. The number of rotatable bonds is 0. The van der Waals surface area contributed by atoms with Crippen molar-refractivity contribution < 1.29 is 0 Å². The second-order valence-corrected chi connectivity index (χ2v) is 4.77. The largest absolute Gasteiger partial charge is 0.335 e. The van der Waals surface area contributed by atoms with E-state index in [-0.39, 0.29) is 0 Å². The molecule has 94 valence electrons. The molecule has 0 unspecified atom stereocenters. The van der Waals surface area contributed by atoms with E-state index in [9.17, 15) is 0 Å². The third kappa shape index (κ3) is 1.14. The van der Waals surface area contributed by atoms with Crippen molar-refractivity contribution in [2.45, 2.75) is 0 Å². The van der Waals surface area contributed by atoms with Crippen LogP contribution in [0.1, 0.15) is 0 Å². The van der Waals surface area contributed by atoms with Crippen LogP contribution < -0.4 is 0 Å². The van der Waals surface area contributed by atoms with Gasteiger partial charge in [0.1, 0.15) is 0 Å². The van der Waals surface area contributed by atoms with Gasteiger partial charge in [-0.15, -0.1) is 0 Å². The van der Waals surface area contributed by atoms with E-state index in [1.54, 1.807) is 0 Å². The minimum atomic E-state index is 0.681. The van der Waals surface area contributed by atoms with Crippen LogP contribution in [0.2, 0.25) is 0 Å². The first-order chi connectivity index (χ1) is 9.90. The summed E-state index contributed by atoms with van der Waals surface area (Å²) in [5.41, 5.74) is 5.44. The van der Waals surface area contributed by atoms with Crippen molar-refractivity contribution in [3.63, 3.8) is 0 Å². The van der Waals surface area contributed by atoms with Crippen LogP contribution in [0.15, 0.2) is 48.5 Å². The lowest BCUT2D eigenvalue weighted by atomic mass is 10.3. The highest BCUT2D eigenvalue weighted by Gasteiger charge is 2.13. The lowest BCUT2D eigenvalue weighted by Gasteiger charge is -1.98. The van der Waals surface area contributed by atoms with Gasteiger partial charge in [-0.1, -0.05) is 24.3 Å². The highest BCUT2D eigenvalue weighted by Crippen LogP contribution is 2.22. The van der Waals surface area contributed by atoms with E-state index >= 15 is 0 Å². The average molecular weight is 259 g/mol. The molecular weight excluding hydrogens is 250 g/mol. The summed E-state index contributed by atoms with van der Waals surface area (Å²) in [7, 11) is 0. The van der Waals surface area contributed by atoms with E-state index in [1.807, 2.05) is 52.9 Å². The number of hydrogen-bond acceptors (Lipinski definition) is 3. The minimum absolute atomic E-state index is 0.681. The molecule has 5 nitrogen and oxygen atoms in total. The summed E-state index contributed by atoms with van der Waals surface area (Å²) >= 11 is 0. The van der Waals surface area contributed by atoms with Crippen LogP contribution in [0.5, 0.6) is 0 Å². The zero-order valence-electron chi connectivity index (χ0n) is 10.4. The number of aromatic amines is 1. The molecule has 3 heterocycles. The molecule has 3 aromatic heterocycles. The first-order valence-corrected chi connectivity index (χ1v) is 6.42. The summed E-state index contributed by atoms with van der Waals surface area (Å²) in [6.07, 6.45) is 0. The molecule has 0 aliphatic rings. The molecule has 0 spiro atoms. The number of imidazole rings is 2. The molecule has 0 saturated carbocycles. The molecule has 5 aromatic rings. The van der Waals surface area contributed by atoms with Crippen LogP contribution in [0.4, 0.5) is 0 Å². The topological polar surface area (TPSA) is 58.9 Å². The van der Waals surface area contributed by atoms with Crippen molar-refractivity contribution in [1.82, 2.24) is 24.3 Å². The highest BCUT2D eigenvalue weighted by molar-refractivity contribution is 5.90. The van der Waals surface area contributed by atoms with Gasteiger partial charge in [-0.2, -0.15) is 4.98 Å². The molecule has 0 atom stereocenters. The van der Waals surface area contributed by atoms with E-state index in [0.717, 1.165) is 33.4 Å². The van der Waals surface area contributed by atoms with E-state index < -0.39 is 0 Å². The Labute approximate surface area is 112 Å². The highest BCUT2D eigenvalue weighted by atomic mass is 15.2. The Morgan fingerprint density at radius 3 is 2.55 bits per heavy atom. The number of H-pyrrole nitrogens is 1. The molecule has 0 radical (unpaired) electrons. The number of benzene rings is 2. The maximum absolute atomic E-state index is 4.72. The zero-order chi connectivity index (χ0) is 13.1. The summed E-state index contributed by atoms with van der Waals surface area (Å²) in [6, 6.07) is 15.9. The normalized spacial score (nSPS) is 12.0. The van der Waals surface area contributed by atoms with Crippen molar-refractivity contribution in [3.05, 3.63) is 48.5 Å². The van der Waals surface area contributed by atoms with Gasteiger partial charge in [0.25, 0.3) is 0 Å². The summed E-state index contributed by atoms with van der Waals surface area (Å²) < 4.78 is 1.99. The minimum Gasteiger partial charge on any atom is -0.335 e. The maximum Gasteiger partial charge on any atom is 0.238 e. The lowest BCUT2D eigenvalue weighted by Crippen LogP contribution is -1.88. The Morgan fingerprint density at radius 1 is 0.800 bits per heavy atom. The Morgan fingerprint density at radius 2 is 1.60 bits per heavy atom. The summed E-state index contributed by atoms with van der Waals surface area (Å²) in [6.45, 7) is 0. The van der Waals surface area contributed by atoms with Crippen LogP contribution in [0, 0.1) is 0 Å². The molecule has 1 N–H and O–H groups in total.